The van der Waals surface area contributed by atoms with Gasteiger partial charge in [-0.05, 0) is 50.5 Å². The lowest BCUT2D eigenvalue weighted by atomic mass is 10.1. The molecule has 0 saturated heterocycles. The third kappa shape index (κ3) is 3.31. The fraction of sp³-hybridized carbons (Fsp3) is 0.571. The van der Waals surface area contributed by atoms with Crippen molar-refractivity contribution in [3.63, 3.8) is 0 Å². The van der Waals surface area contributed by atoms with E-state index in [0.717, 1.165) is 18.4 Å². The molecule has 0 amide bonds. The molecule has 2 rings (SSSR count). The van der Waals surface area contributed by atoms with Crippen LogP contribution in [-0.2, 0) is 10.0 Å². The minimum absolute atomic E-state index is 0.0256. The van der Waals surface area contributed by atoms with Crippen LogP contribution in [0.5, 0.6) is 5.75 Å². The van der Waals surface area contributed by atoms with Gasteiger partial charge in [-0.25, -0.2) is 13.1 Å². The summed E-state index contributed by atoms with van der Waals surface area (Å²) < 4.78 is 32.4. The average Bonchev–Trinajstić information content (AvgIpc) is 3.20. The molecule has 0 radical (unpaired) electrons. The summed E-state index contributed by atoms with van der Waals surface area (Å²) in [7, 11) is -3.53. The van der Waals surface area contributed by atoms with Gasteiger partial charge in [0.2, 0.25) is 10.0 Å². The Morgan fingerprint density at radius 2 is 2.10 bits per heavy atom. The summed E-state index contributed by atoms with van der Waals surface area (Å²) in [6.45, 7) is 4.57. The number of ether oxygens (including phenoxy) is 1. The zero-order chi connectivity index (χ0) is 14.8. The topological polar surface area (TPSA) is 75.6 Å². The second-order valence-electron chi connectivity index (χ2n) is 5.34. The van der Waals surface area contributed by atoms with Gasteiger partial charge in [-0.2, -0.15) is 0 Å². The van der Waals surface area contributed by atoms with Crippen molar-refractivity contribution in [3.8, 4) is 5.75 Å². The molecular formula is C14H21NO4S. The molecular weight excluding hydrogens is 278 g/mol. The van der Waals surface area contributed by atoms with Crippen LogP contribution in [0.4, 0.5) is 0 Å². The molecule has 0 heterocycles. The SMILES string of the molecule is CCOc1ccc(S(=O)(=O)NCC2(CO)CC2)cc1C. The van der Waals surface area contributed by atoms with E-state index in [2.05, 4.69) is 4.72 Å². The smallest absolute Gasteiger partial charge is 0.240 e. The van der Waals surface area contributed by atoms with E-state index in [0.29, 0.717) is 12.4 Å². The molecule has 1 aliphatic carbocycles. The highest BCUT2D eigenvalue weighted by molar-refractivity contribution is 7.89. The molecule has 20 heavy (non-hydrogen) atoms. The summed E-state index contributed by atoms with van der Waals surface area (Å²) in [5, 5.41) is 9.21. The summed E-state index contributed by atoms with van der Waals surface area (Å²) in [5.41, 5.74) is 0.547. The van der Waals surface area contributed by atoms with Crippen LogP contribution in [0.15, 0.2) is 23.1 Å². The highest BCUT2D eigenvalue weighted by Crippen LogP contribution is 2.44. The molecule has 0 spiro atoms. The first kappa shape index (κ1) is 15.3. The molecule has 1 fully saturated rings. The molecule has 1 aliphatic rings. The van der Waals surface area contributed by atoms with Crippen molar-refractivity contribution in [1.82, 2.24) is 4.72 Å². The summed E-state index contributed by atoms with van der Waals surface area (Å²) in [6, 6.07) is 4.82. The molecule has 6 heteroatoms. The van der Waals surface area contributed by atoms with Crippen LogP contribution in [0.25, 0.3) is 0 Å². The zero-order valence-electron chi connectivity index (χ0n) is 11.8. The fourth-order valence-corrected chi connectivity index (χ4v) is 3.25. The molecule has 5 nitrogen and oxygen atoms in total. The first-order chi connectivity index (χ1) is 9.42. The first-order valence-electron chi connectivity index (χ1n) is 6.76. The van der Waals surface area contributed by atoms with E-state index in [1.165, 1.54) is 0 Å². The lowest BCUT2D eigenvalue weighted by Crippen LogP contribution is -2.31. The summed E-state index contributed by atoms with van der Waals surface area (Å²) in [5.74, 6) is 0.695. The number of benzene rings is 1. The van der Waals surface area contributed by atoms with E-state index in [1.807, 2.05) is 13.8 Å². The number of aliphatic hydroxyl groups excluding tert-OH is 1. The maximum atomic E-state index is 12.2. The Hall–Kier alpha value is -1.11. The number of rotatable bonds is 7. The normalized spacial score (nSPS) is 16.9. The van der Waals surface area contributed by atoms with Gasteiger partial charge in [-0.15, -0.1) is 0 Å². The Bertz CT molecular complexity index is 579. The second kappa shape index (κ2) is 5.71. The van der Waals surface area contributed by atoms with Crippen LogP contribution < -0.4 is 9.46 Å². The van der Waals surface area contributed by atoms with Gasteiger partial charge in [0.25, 0.3) is 0 Å². The Kier molecular flexibility index (Phi) is 4.36. The molecule has 1 aromatic rings. The number of aryl methyl sites for hydroxylation is 1. The monoisotopic (exact) mass is 299 g/mol. The van der Waals surface area contributed by atoms with E-state index in [-0.39, 0.29) is 23.5 Å². The van der Waals surface area contributed by atoms with Crippen LogP contribution in [0.3, 0.4) is 0 Å². The highest BCUT2D eigenvalue weighted by atomic mass is 32.2. The quantitative estimate of drug-likeness (QED) is 0.799. The van der Waals surface area contributed by atoms with Crippen molar-refractivity contribution in [2.24, 2.45) is 5.41 Å². The van der Waals surface area contributed by atoms with Crippen LogP contribution in [-0.4, -0.2) is 33.3 Å². The minimum atomic E-state index is -3.53. The van der Waals surface area contributed by atoms with E-state index in [9.17, 15) is 13.5 Å². The van der Waals surface area contributed by atoms with Crippen molar-refractivity contribution in [2.75, 3.05) is 19.8 Å². The first-order valence-corrected chi connectivity index (χ1v) is 8.25. The van der Waals surface area contributed by atoms with Crippen molar-refractivity contribution in [1.29, 1.82) is 0 Å². The molecule has 0 atom stereocenters. The number of nitrogens with one attached hydrogen (secondary N) is 1. The van der Waals surface area contributed by atoms with Crippen molar-refractivity contribution >= 4 is 10.0 Å². The Morgan fingerprint density at radius 3 is 2.60 bits per heavy atom. The van der Waals surface area contributed by atoms with Gasteiger partial charge in [0.1, 0.15) is 5.75 Å². The fourth-order valence-electron chi connectivity index (χ4n) is 2.01. The highest BCUT2D eigenvalue weighted by Gasteiger charge is 2.42. The van der Waals surface area contributed by atoms with Gasteiger partial charge in [0.05, 0.1) is 11.5 Å². The van der Waals surface area contributed by atoms with Crippen molar-refractivity contribution < 1.29 is 18.3 Å². The Labute approximate surface area is 120 Å². The Balaban J connectivity index is 2.11. The molecule has 0 aliphatic heterocycles. The molecule has 1 aromatic carbocycles. The van der Waals surface area contributed by atoms with E-state index < -0.39 is 10.0 Å². The van der Waals surface area contributed by atoms with E-state index in [4.69, 9.17) is 4.74 Å². The molecule has 1 saturated carbocycles. The van der Waals surface area contributed by atoms with Crippen molar-refractivity contribution in [2.45, 2.75) is 31.6 Å². The van der Waals surface area contributed by atoms with Crippen LogP contribution >= 0.6 is 0 Å². The number of sulfonamides is 1. The summed E-state index contributed by atoms with van der Waals surface area (Å²) >= 11 is 0. The van der Waals surface area contributed by atoms with Gasteiger partial charge in [0, 0.05) is 18.6 Å². The third-order valence-electron chi connectivity index (χ3n) is 3.69. The lowest BCUT2D eigenvalue weighted by molar-refractivity contribution is 0.213. The lowest BCUT2D eigenvalue weighted by Gasteiger charge is -2.14. The van der Waals surface area contributed by atoms with E-state index >= 15 is 0 Å². The average molecular weight is 299 g/mol. The van der Waals surface area contributed by atoms with E-state index in [1.54, 1.807) is 18.2 Å². The maximum absolute atomic E-state index is 12.2. The number of hydrogen-bond acceptors (Lipinski definition) is 4. The second-order valence-corrected chi connectivity index (χ2v) is 7.11. The minimum Gasteiger partial charge on any atom is -0.494 e. The third-order valence-corrected chi connectivity index (χ3v) is 5.09. The molecule has 2 N–H and O–H groups in total. The van der Waals surface area contributed by atoms with Crippen LogP contribution in [0, 0.1) is 12.3 Å². The molecule has 0 bridgehead atoms. The van der Waals surface area contributed by atoms with Gasteiger partial charge >= 0.3 is 0 Å². The predicted octanol–water partition coefficient (Wildman–Crippen LogP) is 1.44. The van der Waals surface area contributed by atoms with Crippen molar-refractivity contribution in [3.05, 3.63) is 23.8 Å². The van der Waals surface area contributed by atoms with Crippen LogP contribution in [0.2, 0.25) is 0 Å². The van der Waals surface area contributed by atoms with Gasteiger partial charge in [-0.3, -0.25) is 0 Å². The zero-order valence-corrected chi connectivity index (χ0v) is 12.7. The predicted molar refractivity (Wildman–Crippen MR) is 76.3 cm³/mol. The standard InChI is InChI=1S/C14H21NO4S/c1-3-19-13-5-4-12(8-11(13)2)20(17,18)15-9-14(10-16)6-7-14/h4-5,8,15-16H,3,6-7,9-10H2,1-2H3. The molecule has 0 aromatic heterocycles. The number of aliphatic hydroxyl groups is 1. The Morgan fingerprint density at radius 1 is 1.40 bits per heavy atom. The number of hydrogen-bond donors (Lipinski definition) is 2. The van der Waals surface area contributed by atoms with Gasteiger partial charge in [-0.1, -0.05) is 0 Å². The maximum Gasteiger partial charge on any atom is 0.240 e. The van der Waals surface area contributed by atoms with Crippen LogP contribution in [0.1, 0.15) is 25.3 Å². The molecule has 0 unspecified atom stereocenters. The van der Waals surface area contributed by atoms with Gasteiger partial charge < -0.3 is 9.84 Å². The molecule has 112 valence electrons. The largest absolute Gasteiger partial charge is 0.494 e. The summed E-state index contributed by atoms with van der Waals surface area (Å²) in [6.07, 6.45) is 1.74. The van der Waals surface area contributed by atoms with Gasteiger partial charge in [0.15, 0.2) is 0 Å². The summed E-state index contributed by atoms with van der Waals surface area (Å²) in [4.78, 5) is 0.229.